The van der Waals surface area contributed by atoms with E-state index in [1.807, 2.05) is 13.8 Å². The van der Waals surface area contributed by atoms with Gasteiger partial charge < -0.3 is 16.0 Å². The third-order valence-corrected chi connectivity index (χ3v) is 3.04. The van der Waals surface area contributed by atoms with E-state index in [4.69, 9.17) is 11.6 Å². The third-order valence-electron chi connectivity index (χ3n) is 2.71. The molecule has 0 saturated heterocycles. The Morgan fingerprint density at radius 2 is 1.86 bits per heavy atom. The van der Waals surface area contributed by atoms with Crippen LogP contribution in [0.1, 0.15) is 33.1 Å². The zero-order valence-corrected chi connectivity index (χ0v) is 13.2. The van der Waals surface area contributed by atoms with E-state index in [1.54, 1.807) is 18.2 Å². The molecule has 1 aromatic rings. The average molecular weight is 312 g/mol. The standard InChI is InChI=1S/C15H22ClN3O2/c1-3-5-14(20)18-11-6-7-12(16)13(9-11)19-15(21)10-17-8-4-2/h6-7,9,17H,3-5,8,10H2,1-2H3,(H,18,20)(H,19,21). The molecule has 0 spiro atoms. The number of hydrogen-bond acceptors (Lipinski definition) is 3. The summed E-state index contributed by atoms with van der Waals surface area (Å²) in [5.74, 6) is -0.218. The Balaban J connectivity index is 2.64. The van der Waals surface area contributed by atoms with E-state index in [0.717, 1.165) is 19.4 Å². The minimum absolute atomic E-state index is 0.0540. The van der Waals surface area contributed by atoms with Crippen molar-refractivity contribution < 1.29 is 9.59 Å². The van der Waals surface area contributed by atoms with Crippen molar-refractivity contribution in [3.05, 3.63) is 23.2 Å². The molecule has 2 amide bonds. The van der Waals surface area contributed by atoms with E-state index < -0.39 is 0 Å². The lowest BCUT2D eigenvalue weighted by atomic mass is 10.2. The molecule has 0 aliphatic carbocycles. The molecule has 0 saturated carbocycles. The van der Waals surface area contributed by atoms with Crippen LogP contribution in [0.3, 0.4) is 0 Å². The molecule has 5 nitrogen and oxygen atoms in total. The number of carbonyl (C=O) groups is 2. The van der Waals surface area contributed by atoms with E-state index in [1.165, 1.54) is 0 Å². The zero-order chi connectivity index (χ0) is 15.7. The van der Waals surface area contributed by atoms with E-state index in [-0.39, 0.29) is 18.4 Å². The second-order valence-corrected chi connectivity index (χ2v) is 5.12. The SMILES string of the molecule is CCCNCC(=O)Nc1cc(NC(=O)CCC)ccc1Cl. The van der Waals surface area contributed by atoms with Crippen molar-refractivity contribution in [3.8, 4) is 0 Å². The van der Waals surface area contributed by atoms with Crippen LogP contribution in [0, 0.1) is 0 Å². The topological polar surface area (TPSA) is 70.2 Å². The predicted molar refractivity (Wildman–Crippen MR) is 86.8 cm³/mol. The van der Waals surface area contributed by atoms with Gasteiger partial charge in [-0.3, -0.25) is 9.59 Å². The van der Waals surface area contributed by atoms with Crippen molar-refractivity contribution in [2.75, 3.05) is 23.7 Å². The maximum atomic E-state index is 11.8. The summed E-state index contributed by atoms with van der Waals surface area (Å²) < 4.78 is 0. The van der Waals surface area contributed by atoms with Crippen molar-refractivity contribution in [2.45, 2.75) is 33.1 Å². The second-order valence-electron chi connectivity index (χ2n) is 4.72. The summed E-state index contributed by atoms with van der Waals surface area (Å²) in [5, 5.41) is 8.95. The first-order chi connectivity index (χ1) is 10.1. The number of halogens is 1. The first-order valence-corrected chi connectivity index (χ1v) is 7.54. The van der Waals surface area contributed by atoms with Gasteiger partial charge in [-0.2, -0.15) is 0 Å². The highest BCUT2D eigenvalue weighted by Crippen LogP contribution is 2.25. The molecule has 0 unspecified atom stereocenters. The van der Waals surface area contributed by atoms with E-state index in [0.29, 0.717) is 22.8 Å². The molecule has 116 valence electrons. The number of benzene rings is 1. The molecule has 1 aromatic carbocycles. The highest BCUT2D eigenvalue weighted by atomic mass is 35.5. The lowest BCUT2D eigenvalue weighted by Crippen LogP contribution is -2.28. The van der Waals surface area contributed by atoms with Crippen LogP contribution in [0.4, 0.5) is 11.4 Å². The Morgan fingerprint density at radius 3 is 2.52 bits per heavy atom. The Kier molecular flexibility index (Phi) is 7.79. The van der Waals surface area contributed by atoms with Crippen LogP contribution in [0.15, 0.2) is 18.2 Å². The van der Waals surface area contributed by atoms with E-state index in [9.17, 15) is 9.59 Å². The average Bonchev–Trinajstić information content (AvgIpc) is 2.43. The van der Waals surface area contributed by atoms with Crippen LogP contribution in [0.5, 0.6) is 0 Å². The van der Waals surface area contributed by atoms with Crippen LogP contribution < -0.4 is 16.0 Å². The smallest absolute Gasteiger partial charge is 0.238 e. The molecule has 0 fully saturated rings. The highest BCUT2D eigenvalue weighted by Gasteiger charge is 2.08. The number of nitrogens with one attached hydrogen (secondary N) is 3. The number of hydrogen-bond donors (Lipinski definition) is 3. The summed E-state index contributed by atoms with van der Waals surface area (Å²) in [6.07, 6.45) is 2.21. The molecular formula is C15H22ClN3O2. The van der Waals surface area contributed by atoms with Crippen LogP contribution in [0.2, 0.25) is 5.02 Å². The molecule has 0 aromatic heterocycles. The summed E-state index contributed by atoms with van der Waals surface area (Å²) in [5.41, 5.74) is 1.11. The van der Waals surface area contributed by atoms with Gasteiger partial charge in [0.15, 0.2) is 0 Å². The Hall–Kier alpha value is -1.59. The van der Waals surface area contributed by atoms with Gasteiger partial charge in [0, 0.05) is 12.1 Å². The molecule has 0 bridgehead atoms. The third kappa shape index (κ3) is 6.60. The molecule has 0 aliphatic rings. The minimum atomic E-state index is -0.164. The van der Waals surface area contributed by atoms with E-state index >= 15 is 0 Å². The zero-order valence-electron chi connectivity index (χ0n) is 12.5. The number of anilines is 2. The summed E-state index contributed by atoms with van der Waals surface area (Å²) in [4.78, 5) is 23.3. The first kappa shape index (κ1) is 17.5. The van der Waals surface area contributed by atoms with Gasteiger partial charge in [-0.05, 0) is 37.6 Å². The number of amides is 2. The van der Waals surface area contributed by atoms with Gasteiger partial charge in [0.25, 0.3) is 0 Å². The molecule has 21 heavy (non-hydrogen) atoms. The fraction of sp³-hybridized carbons (Fsp3) is 0.467. The van der Waals surface area contributed by atoms with Gasteiger partial charge in [-0.25, -0.2) is 0 Å². The van der Waals surface area contributed by atoms with E-state index in [2.05, 4.69) is 16.0 Å². The highest BCUT2D eigenvalue weighted by molar-refractivity contribution is 6.33. The molecule has 0 heterocycles. The predicted octanol–water partition coefficient (Wildman–Crippen LogP) is 3.02. The normalized spacial score (nSPS) is 10.2. The fourth-order valence-electron chi connectivity index (χ4n) is 1.72. The molecule has 6 heteroatoms. The molecule has 3 N–H and O–H groups in total. The van der Waals surface area contributed by atoms with Crippen LogP contribution in [-0.2, 0) is 9.59 Å². The van der Waals surface area contributed by atoms with Gasteiger partial charge in [0.05, 0.1) is 17.3 Å². The second kappa shape index (κ2) is 9.37. The van der Waals surface area contributed by atoms with Crippen molar-refractivity contribution in [3.63, 3.8) is 0 Å². The molecular weight excluding hydrogens is 290 g/mol. The number of carbonyl (C=O) groups excluding carboxylic acids is 2. The maximum absolute atomic E-state index is 11.8. The Bertz CT molecular complexity index is 492. The molecule has 0 radical (unpaired) electrons. The van der Waals surface area contributed by atoms with Gasteiger partial charge in [0.1, 0.15) is 0 Å². The maximum Gasteiger partial charge on any atom is 0.238 e. The Labute approximate surface area is 130 Å². The summed E-state index contributed by atoms with van der Waals surface area (Å²) >= 11 is 6.05. The molecule has 1 rings (SSSR count). The summed E-state index contributed by atoms with van der Waals surface area (Å²) in [6, 6.07) is 5.02. The first-order valence-electron chi connectivity index (χ1n) is 7.16. The van der Waals surface area contributed by atoms with Gasteiger partial charge >= 0.3 is 0 Å². The molecule has 0 atom stereocenters. The molecule has 0 aliphatic heterocycles. The summed E-state index contributed by atoms with van der Waals surface area (Å²) in [6.45, 7) is 4.99. The van der Waals surface area contributed by atoms with Gasteiger partial charge in [-0.1, -0.05) is 25.4 Å². The van der Waals surface area contributed by atoms with Crippen LogP contribution >= 0.6 is 11.6 Å². The van der Waals surface area contributed by atoms with Crippen LogP contribution in [0.25, 0.3) is 0 Å². The lowest BCUT2D eigenvalue weighted by molar-refractivity contribution is -0.116. The van der Waals surface area contributed by atoms with Gasteiger partial charge in [-0.15, -0.1) is 0 Å². The van der Waals surface area contributed by atoms with Crippen LogP contribution in [-0.4, -0.2) is 24.9 Å². The Morgan fingerprint density at radius 1 is 1.10 bits per heavy atom. The minimum Gasteiger partial charge on any atom is -0.326 e. The van der Waals surface area contributed by atoms with Crippen molar-refractivity contribution in [1.82, 2.24) is 5.32 Å². The van der Waals surface area contributed by atoms with Gasteiger partial charge in [0.2, 0.25) is 11.8 Å². The quantitative estimate of drug-likeness (QED) is 0.646. The largest absolute Gasteiger partial charge is 0.326 e. The summed E-state index contributed by atoms with van der Waals surface area (Å²) in [7, 11) is 0. The lowest BCUT2D eigenvalue weighted by Gasteiger charge is -2.11. The van der Waals surface area contributed by atoms with Crippen molar-refractivity contribution in [2.24, 2.45) is 0 Å². The van der Waals surface area contributed by atoms with Crippen molar-refractivity contribution in [1.29, 1.82) is 0 Å². The fourth-order valence-corrected chi connectivity index (χ4v) is 1.89. The van der Waals surface area contributed by atoms with Crippen molar-refractivity contribution >= 4 is 34.8 Å². The number of rotatable bonds is 8. The monoisotopic (exact) mass is 311 g/mol.